The van der Waals surface area contributed by atoms with Gasteiger partial charge in [-0.1, -0.05) is 0 Å². The fraction of sp³-hybridized carbons (Fsp3) is 0.167. The second kappa shape index (κ2) is 5.54. The van der Waals surface area contributed by atoms with Crippen molar-refractivity contribution in [1.82, 2.24) is 9.55 Å². The minimum Gasteiger partial charge on any atom is -0.484 e. The van der Waals surface area contributed by atoms with E-state index in [0.29, 0.717) is 5.82 Å². The van der Waals surface area contributed by atoms with Crippen LogP contribution in [0.5, 0.6) is 5.75 Å². The second-order valence-electron chi connectivity index (χ2n) is 4.25. The Bertz CT molecular complexity index is 782. The Labute approximate surface area is 120 Å². The highest BCUT2D eigenvalue weighted by molar-refractivity contribution is 7.89. The summed E-state index contributed by atoms with van der Waals surface area (Å²) in [4.78, 5) is 14.5. The van der Waals surface area contributed by atoms with Gasteiger partial charge >= 0.3 is 5.97 Å². The molecule has 0 radical (unpaired) electrons. The Hall–Kier alpha value is -2.39. The van der Waals surface area contributed by atoms with Crippen molar-refractivity contribution >= 4 is 16.0 Å². The van der Waals surface area contributed by atoms with Crippen LogP contribution in [0.4, 0.5) is 0 Å². The van der Waals surface area contributed by atoms with Gasteiger partial charge in [-0.05, 0) is 18.2 Å². The Morgan fingerprint density at radius 3 is 2.71 bits per heavy atom. The number of aromatic nitrogens is 2. The van der Waals surface area contributed by atoms with Gasteiger partial charge in [-0.25, -0.2) is 23.3 Å². The largest absolute Gasteiger partial charge is 0.484 e. The molecule has 9 heteroatoms. The van der Waals surface area contributed by atoms with Crippen LogP contribution >= 0.6 is 0 Å². The lowest BCUT2D eigenvalue weighted by molar-refractivity contribution is 0.0696. The van der Waals surface area contributed by atoms with Gasteiger partial charge in [-0.15, -0.1) is 0 Å². The molecule has 0 bridgehead atoms. The van der Waals surface area contributed by atoms with Crippen molar-refractivity contribution in [2.24, 2.45) is 12.2 Å². The molecule has 2 aromatic rings. The first-order valence-electron chi connectivity index (χ1n) is 5.78. The molecule has 1 heterocycles. The van der Waals surface area contributed by atoms with E-state index in [9.17, 15) is 13.2 Å². The third-order valence-corrected chi connectivity index (χ3v) is 3.71. The molecule has 0 amide bonds. The minimum absolute atomic E-state index is 0.0227. The summed E-state index contributed by atoms with van der Waals surface area (Å²) in [6, 6.07) is 3.46. The number of imidazole rings is 1. The highest BCUT2D eigenvalue weighted by Crippen LogP contribution is 2.25. The average Bonchev–Trinajstić information content (AvgIpc) is 2.80. The molecule has 0 aliphatic rings. The Morgan fingerprint density at radius 1 is 1.48 bits per heavy atom. The van der Waals surface area contributed by atoms with Gasteiger partial charge in [0.05, 0.1) is 5.56 Å². The minimum atomic E-state index is -4.11. The lowest BCUT2D eigenvalue weighted by atomic mass is 10.2. The van der Waals surface area contributed by atoms with Crippen molar-refractivity contribution in [3.8, 4) is 5.75 Å². The van der Waals surface area contributed by atoms with Gasteiger partial charge in [0.1, 0.15) is 23.1 Å². The summed E-state index contributed by atoms with van der Waals surface area (Å²) in [5.74, 6) is -0.696. The Balaban J connectivity index is 2.35. The molecule has 8 nitrogen and oxygen atoms in total. The van der Waals surface area contributed by atoms with E-state index in [0.717, 1.165) is 6.07 Å². The fourth-order valence-electron chi connectivity index (χ4n) is 1.66. The molecule has 0 fully saturated rings. The number of sulfonamides is 1. The van der Waals surface area contributed by atoms with Gasteiger partial charge in [0.15, 0.2) is 0 Å². The van der Waals surface area contributed by atoms with Crippen molar-refractivity contribution < 1.29 is 23.1 Å². The summed E-state index contributed by atoms with van der Waals surface area (Å²) < 4.78 is 30.2. The van der Waals surface area contributed by atoms with Crippen molar-refractivity contribution in [2.75, 3.05) is 0 Å². The maximum atomic E-state index is 11.5. The molecule has 0 aliphatic carbocycles. The lowest BCUT2D eigenvalue weighted by Crippen LogP contribution is -2.15. The van der Waals surface area contributed by atoms with E-state index in [1.807, 2.05) is 0 Å². The van der Waals surface area contributed by atoms with E-state index in [-0.39, 0.29) is 22.8 Å². The lowest BCUT2D eigenvalue weighted by Gasteiger charge is -2.11. The molecule has 0 spiro atoms. The van der Waals surface area contributed by atoms with Crippen LogP contribution in [-0.4, -0.2) is 29.0 Å². The van der Waals surface area contributed by atoms with Crippen molar-refractivity contribution in [1.29, 1.82) is 0 Å². The highest BCUT2D eigenvalue weighted by atomic mass is 32.2. The number of carbonyl (C=O) groups is 1. The smallest absolute Gasteiger partial charge is 0.335 e. The average molecular weight is 311 g/mol. The number of primary sulfonamides is 1. The van der Waals surface area contributed by atoms with Crippen molar-refractivity contribution in [3.05, 3.63) is 42.0 Å². The topological polar surface area (TPSA) is 125 Å². The first-order chi connectivity index (χ1) is 9.79. The third kappa shape index (κ3) is 3.38. The van der Waals surface area contributed by atoms with Gasteiger partial charge in [0.25, 0.3) is 0 Å². The molecule has 1 aromatic carbocycles. The van der Waals surface area contributed by atoms with Crippen LogP contribution in [0.3, 0.4) is 0 Å². The molecule has 0 unspecified atom stereocenters. The number of hydrogen-bond acceptors (Lipinski definition) is 5. The number of ether oxygens (including phenoxy) is 1. The SMILES string of the molecule is Cn1ccnc1COc1ccc(C(=O)O)cc1S(N)(=O)=O. The number of aromatic carboxylic acids is 1. The molecule has 0 saturated heterocycles. The molecule has 0 aliphatic heterocycles. The zero-order valence-corrected chi connectivity index (χ0v) is 11.9. The summed E-state index contributed by atoms with van der Waals surface area (Å²) in [7, 11) is -2.34. The van der Waals surface area contributed by atoms with Gasteiger partial charge in [0, 0.05) is 19.4 Å². The van der Waals surface area contributed by atoms with Gasteiger partial charge in [-0.3, -0.25) is 0 Å². The Morgan fingerprint density at radius 2 is 2.19 bits per heavy atom. The van der Waals surface area contributed by atoms with Gasteiger partial charge < -0.3 is 14.4 Å². The standard InChI is InChI=1S/C12H13N3O5S/c1-15-5-4-14-11(15)7-20-9-3-2-8(12(16)17)6-10(9)21(13,18)19/h2-6H,7H2,1H3,(H,16,17)(H2,13,18,19). The van der Waals surface area contributed by atoms with Crippen molar-refractivity contribution in [3.63, 3.8) is 0 Å². The summed E-state index contributed by atoms with van der Waals surface area (Å²) >= 11 is 0. The normalized spacial score (nSPS) is 11.3. The molecule has 112 valence electrons. The molecular formula is C12H13N3O5S. The predicted molar refractivity (Wildman–Crippen MR) is 72.3 cm³/mol. The molecule has 2 rings (SSSR count). The molecule has 1 aromatic heterocycles. The maximum absolute atomic E-state index is 11.5. The molecule has 3 N–H and O–H groups in total. The number of carboxylic acids is 1. The van der Waals surface area contributed by atoms with Crippen molar-refractivity contribution in [2.45, 2.75) is 11.5 Å². The molecule has 0 saturated carbocycles. The number of nitrogens with two attached hydrogens (primary N) is 1. The Kier molecular flexibility index (Phi) is 3.96. The maximum Gasteiger partial charge on any atom is 0.335 e. The van der Waals surface area contributed by atoms with E-state index in [4.69, 9.17) is 15.0 Å². The number of hydrogen-bond donors (Lipinski definition) is 2. The van der Waals surface area contributed by atoms with E-state index in [2.05, 4.69) is 4.98 Å². The number of rotatable bonds is 5. The molecule has 0 atom stereocenters. The highest BCUT2D eigenvalue weighted by Gasteiger charge is 2.18. The first kappa shape index (κ1) is 15.0. The molecular weight excluding hydrogens is 298 g/mol. The van der Waals surface area contributed by atoms with Crippen LogP contribution in [0.2, 0.25) is 0 Å². The van der Waals surface area contributed by atoms with Crippen LogP contribution < -0.4 is 9.88 Å². The second-order valence-corrected chi connectivity index (χ2v) is 5.78. The van der Waals surface area contributed by atoms with Crippen LogP contribution in [0, 0.1) is 0 Å². The number of benzene rings is 1. The van der Waals surface area contributed by atoms with Gasteiger partial charge in [-0.2, -0.15) is 0 Å². The zero-order chi connectivity index (χ0) is 15.6. The van der Waals surface area contributed by atoms with E-state index < -0.39 is 16.0 Å². The first-order valence-corrected chi connectivity index (χ1v) is 7.33. The van der Waals surface area contributed by atoms with Gasteiger partial charge in [0.2, 0.25) is 10.0 Å². The van der Waals surface area contributed by atoms with Crippen LogP contribution in [0.15, 0.2) is 35.5 Å². The van der Waals surface area contributed by atoms with E-state index in [1.54, 1.807) is 24.0 Å². The van der Waals surface area contributed by atoms with Crippen LogP contribution in [0.1, 0.15) is 16.2 Å². The number of carboxylic acid groups (broad SMARTS) is 1. The quantitative estimate of drug-likeness (QED) is 0.820. The number of nitrogens with zero attached hydrogens (tertiary/aromatic N) is 2. The monoisotopic (exact) mass is 311 g/mol. The zero-order valence-electron chi connectivity index (χ0n) is 11.1. The molecule has 21 heavy (non-hydrogen) atoms. The van der Waals surface area contributed by atoms with E-state index >= 15 is 0 Å². The summed E-state index contributed by atoms with van der Waals surface area (Å²) in [5.41, 5.74) is -0.191. The summed E-state index contributed by atoms with van der Waals surface area (Å²) in [6.45, 7) is 0.0262. The van der Waals surface area contributed by atoms with Crippen LogP contribution in [-0.2, 0) is 23.7 Å². The van der Waals surface area contributed by atoms with Crippen LogP contribution in [0.25, 0.3) is 0 Å². The summed E-state index contributed by atoms with van der Waals surface area (Å²) in [5, 5.41) is 14.0. The third-order valence-electron chi connectivity index (χ3n) is 2.77. The number of aryl methyl sites for hydroxylation is 1. The van der Waals surface area contributed by atoms with E-state index in [1.165, 1.54) is 12.1 Å². The summed E-state index contributed by atoms with van der Waals surface area (Å²) in [6.07, 6.45) is 3.29. The fourth-order valence-corrected chi connectivity index (χ4v) is 2.36. The predicted octanol–water partition coefficient (Wildman–Crippen LogP) is 0.345.